The highest BCUT2D eigenvalue weighted by molar-refractivity contribution is 5.94. The number of rotatable bonds is 5. The number of ether oxygens (including phenoxy) is 1. The van der Waals surface area contributed by atoms with Crippen molar-refractivity contribution in [3.05, 3.63) is 29.8 Å². The van der Waals surface area contributed by atoms with Crippen LogP contribution in [0, 0.1) is 11.8 Å². The van der Waals surface area contributed by atoms with E-state index in [-0.39, 0.29) is 17.7 Å². The van der Waals surface area contributed by atoms with E-state index in [2.05, 4.69) is 23.7 Å². The number of alkyl halides is 2. The van der Waals surface area contributed by atoms with Gasteiger partial charge in [0.1, 0.15) is 5.75 Å². The molecule has 2 fully saturated rings. The van der Waals surface area contributed by atoms with Crippen molar-refractivity contribution < 1.29 is 18.3 Å². The van der Waals surface area contributed by atoms with Gasteiger partial charge < -0.3 is 14.5 Å². The quantitative estimate of drug-likeness (QED) is 0.813. The lowest BCUT2D eigenvalue weighted by molar-refractivity contribution is -0.0498. The smallest absolute Gasteiger partial charge is 0.387 e. The predicted molar refractivity (Wildman–Crippen MR) is 91.9 cm³/mol. The first-order chi connectivity index (χ1) is 11.8. The molecule has 0 bridgehead atoms. The molecule has 2 aliphatic carbocycles. The molecule has 0 aromatic heterocycles. The molecule has 138 valence electrons. The van der Waals surface area contributed by atoms with Gasteiger partial charge >= 0.3 is 6.61 Å². The molecule has 0 radical (unpaired) electrons. The van der Waals surface area contributed by atoms with Crippen LogP contribution in [-0.2, 0) is 0 Å². The fourth-order valence-electron chi connectivity index (χ4n) is 4.44. The summed E-state index contributed by atoms with van der Waals surface area (Å²) in [5, 5.41) is 0. The van der Waals surface area contributed by atoms with E-state index in [1.807, 2.05) is 11.9 Å². The van der Waals surface area contributed by atoms with Crippen LogP contribution in [0.4, 0.5) is 8.78 Å². The normalized spacial score (nSPS) is 28.4. The maximum Gasteiger partial charge on any atom is 0.387 e. The largest absolute Gasteiger partial charge is 0.435 e. The fraction of sp³-hybridized carbons (Fsp3) is 0.632. The van der Waals surface area contributed by atoms with Crippen molar-refractivity contribution in [2.75, 3.05) is 21.1 Å². The molecule has 0 aliphatic heterocycles. The van der Waals surface area contributed by atoms with Crippen molar-refractivity contribution in [1.82, 2.24) is 9.80 Å². The Morgan fingerprint density at radius 3 is 2.00 bits per heavy atom. The first-order valence-electron chi connectivity index (χ1n) is 8.83. The maximum absolute atomic E-state index is 12.7. The standard InChI is InChI=1S/C19H26F2N2O2/c1-22(2)15-8-13-10-16(11-14(13)9-15)23(3)18(24)12-4-6-17(7-5-12)25-19(20)21/h4-7,13-16,19H,8-11H2,1-3H3/t13-,14+,15?,16?. The summed E-state index contributed by atoms with van der Waals surface area (Å²) < 4.78 is 28.7. The number of halogens is 2. The van der Waals surface area contributed by atoms with Gasteiger partial charge in [0.25, 0.3) is 5.91 Å². The van der Waals surface area contributed by atoms with E-state index in [9.17, 15) is 13.6 Å². The summed E-state index contributed by atoms with van der Waals surface area (Å²) in [5.41, 5.74) is 0.507. The molecule has 0 saturated heterocycles. The number of fused-ring (bicyclic) bond motifs is 1. The summed E-state index contributed by atoms with van der Waals surface area (Å²) in [6, 6.07) is 6.86. The number of carbonyl (C=O) groups excluding carboxylic acids is 1. The SMILES string of the molecule is CN(C)C1C[C@@H]2CC(N(C)C(=O)c3ccc(OC(F)F)cc3)C[C@@H]2C1. The third-order valence-corrected chi connectivity index (χ3v) is 5.89. The van der Waals surface area contributed by atoms with E-state index in [1.54, 1.807) is 12.1 Å². The Morgan fingerprint density at radius 2 is 1.52 bits per heavy atom. The zero-order valence-electron chi connectivity index (χ0n) is 15.0. The van der Waals surface area contributed by atoms with E-state index >= 15 is 0 Å². The second kappa shape index (κ2) is 7.28. The average Bonchev–Trinajstić information content (AvgIpc) is 3.12. The van der Waals surface area contributed by atoms with Gasteiger partial charge in [0.15, 0.2) is 0 Å². The van der Waals surface area contributed by atoms with E-state index in [0.717, 1.165) is 12.8 Å². The molecule has 0 heterocycles. The summed E-state index contributed by atoms with van der Waals surface area (Å²) in [6.07, 6.45) is 4.55. The second-order valence-corrected chi connectivity index (χ2v) is 7.55. The van der Waals surface area contributed by atoms with Gasteiger partial charge in [-0.15, -0.1) is 0 Å². The number of nitrogens with zero attached hydrogens (tertiary/aromatic N) is 2. The van der Waals surface area contributed by atoms with Gasteiger partial charge in [0.05, 0.1) is 0 Å². The fourth-order valence-corrected chi connectivity index (χ4v) is 4.44. The topological polar surface area (TPSA) is 32.8 Å². The number of hydrogen-bond donors (Lipinski definition) is 0. The minimum absolute atomic E-state index is 0.0577. The predicted octanol–water partition coefficient (Wildman–Crippen LogP) is 3.48. The number of carbonyl (C=O) groups is 1. The molecule has 1 aromatic carbocycles. The molecule has 0 spiro atoms. The molecule has 4 atom stereocenters. The molecular weight excluding hydrogens is 326 g/mol. The van der Waals surface area contributed by atoms with Crippen molar-refractivity contribution >= 4 is 5.91 Å². The van der Waals surface area contributed by atoms with Crippen molar-refractivity contribution in [2.45, 2.75) is 44.4 Å². The van der Waals surface area contributed by atoms with Crippen LogP contribution in [0.15, 0.2) is 24.3 Å². The zero-order chi connectivity index (χ0) is 18.1. The van der Waals surface area contributed by atoms with E-state index < -0.39 is 6.61 Å². The molecule has 1 amide bonds. The van der Waals surface area contributed by atoms with Crippen LogP contribution >= 0.6 is 0 Å². The number of benzene rings is 1. The minimum Gasteiger partial charge on any atom is -0.435 e. The minimum atomic E-state index is -2.85. The maximum atomic E-state index is 12.7. The van der Waals surface area contributed by atoms with E-state index in [1.165, 1.54) is 25.0 Å². The summed E-state index contributed by atoms with van der Waals surface area (Å²) >= 11 is 0. The highest BCUT2D eigenvalue weighted by Gasteiger charge is 2.44. The van der Waals surface area contributed by atoms with Crippen molar-refractivity contribution in [3.8, 4) is 5.75 Å². The molecule has 3 rings (SSSR count). The number of amides is 1. The summed E-state index contributed by atoms with van der Waals surface area (Å²) in [6.45, 7) is -2.85. The third kappa shape index (κ3) is 3.94. The molecule has 6 heteroatoms. The van der Waals surface area contributed by atoms with Crippen LogP contribution in [0.2, 0.25) is 0 Å². The zero-order valence-corrected chi connectivity index (χ0v) is 15.0. The summed E-state index contributed by atoms with van der Waals surface area (Å²) in [7, 11) is 6.13. The van der Waals surface area contributed by atoms with Gasteiger partial charge in [-0.1, -0.05) is 0 Å². The van der Waals surface area contributed by atoms with Crippen molar-refractivity contribution in [3.63, 3.8) is 0 Å². The molecule has 2 aliphatic rings. The third-order valence-electron chi connectivity index (χ3n) is 5.89. The molecular formula is C19H26F2N2O2. The highest BCUT2D eigenvalue weighted by atomic mass is 19.3. The Morgan fingerprint density at radius 1 is 1.00 bits per heavy atom. The highest BCUT2D eigenvalue weighted by Crippen LogP contribution is 2.46. The lowest BCUT2D eigenvalue weighted by atomic mass is 10.0. The second-order valence-electron chi connectivity index (χ2n) is 7.55. The van der Waals surface area contributed by atoms with E-state index in [4.69, 9.17) is 0 Å². The van der Waals surface area contributed by atoms with Gasteiger partial charge in [0, 0.05) is 24.7 Å². The van der Waals surface area contributed by atoms with Gasteiger partial charge in [0.2, 0.25) is 0 Å². The molecule has 4 nitrogen and oxygen atoms in total. The van der Waals surface area contributed by atoms with Crippen molar-refractivity contribution in [1.29, 1.82) is 0 Å². The van der Waals surface area contributed by atoms with Crippen LogP contribution in [0.5, 0.6) is 5.75 Å². The van der Waals surface area contributed by atoms with Crippen LogP contribution in [0.1, 0.15) is 36.0 Å². The monoisotopic (exact) mass is 352 g/mol. The Kier molecular flexibility index (Phi) is 5.27. The first kappa shape index (κ1) is 18.1. The lowest BCUT2D eigenvalue weighted by Gasteiger charge is -2.27. The number of hydrogen-bond acceptors (Lipinski definition) is 3. The Hall–Kier alpha value is -1.69. The molecule has 2 unspecified atom stereocenters. The molecule has 0 N–H and O–H groups in total. The van der Waals surface area contributed by atoms with Crippen LogP contribution in [-0.4, -0.2) is 55.5 Å². The van der Waals surface area contributed by atoms with E-state index in [0.29, 0.717) is 23.4 Å². The first-order valence-corrected chi connectivity index (χ1v) is 8.83. The van der Waals surface area contributed by atoms with Gasteiger partial charge in [-0.05, 0) is 75.9 Å². The summed E-state index contributed by atoms with van der Waals surface area (Å²) in [4.78, 5) is 16.8. The molecule has 2 saturated carbocycles. The van der Waals surface area contributed by atoms with Crippen LogP contribution in [0.3, 0.4) is 0 Å². The Balaban J connectivity index is 1.59. The van der Waals surface area contributed by atoms with Gasteiger partial charge in [-0.25, -0.2) is 0 Å². The Bertz CT molecular complexity index is 592. The van der Waals surface area contributed by atoms with Crippen molar-refractivity contribution in [2.24, 2.45) is 11.8 Å². The average molecular weight is 352 g/mol. The summed E-state index contributed by atoms with van der Waals surface area (Å²) in [5.74, 6) is 1.42. The van der Waals surface area contributed by atoms with Gasteiger partial charge in [-0.2, -0.15) is 8.78 Å². The molecule has 1 aromatic rings. The van der Waals surface area contributed by atoms with Crippen LogP contribution in [0.25, 0.3) is 0 Å². The lowest BCUT2D eigenvalue weighted by Crippen LogP contribution is -2.36. The van der Waals surface area contributed by atoms with Gasteiger partial charge in [-0.3, -0.25) is 4.79 Å². The molecule has 25 heavy (non-hydrogen) atoms. The van der Waals surface area contributed by atoms with Crippen LogP contribution < -0.4 is 4.74 Å². The Labute approximate surface area is 147 Å².